The van der Waals surface area contributed by atoms with Gasteiger partial charge in [0.15, 0.2) is 0 Å². The lowest BCUT2D eigenvalue weighted by Crippen LogP contribution is -1.99. The molecule has 0 fully saturated rings. The fourth-order valence-corrected chi connectivity index (χ4v) is 1.79. The Labute approximate surface area is 54.4 Å². The molecule has 0 saturated heterocycles. The molecule has 0 aromatic rings. The van der Waals surface area contributed by atoms with E-state index in [4.69, 9.17) is 0 Å². The van der Waals surface area contributed by atoms with Gasteiger partial charge in [-0.15, -0.1) is 7.92 Å². The second-order valence-corrected chi connectivity index (χ2v) is 5.80. The highest BCUT2D eigenvalue weighted by Gasteiger charge is 2.08. The van der Waals surface area contributed by atoms with Gasteiger partial charge in [-0.3, -0.25) is 0 Å². The quantitative estimate of drug-likeness (QED) is 0.505. The average Bonchev–Trinajstić information content (AvgIpc) is 1.64. The Hall–Kier alpha value is 0.430. The molecule has 1 radical (unpaired) electrons. The van der Waals surface area contributed by atoms with Gasteiger partial charge in [0.05, 0.1) is 0 Å². The first-order valence-electron chi connectivity index (χ1n) is 3.14. The molecule has 8 heavy (non-hydrogen) atoms. The van der Waals surface area contributed by atoms with Crippen molar-refractivity contribution < 1.29 is 0 Å². The first-order chi connectivity index (χ1) is 3.55. The smallest absolute Gasteiger partial charge is 0.0264 e. The van der Waals surface area contributed by atoms with Crippen LogP contribution >= 0.6 is 7.92 Å². The minimum absolute atomic E-state index is 0.0514. The fraction of sp³-hybridized carbons (Fsp3) is 0.857. The van der Waals surface area contributed by atoms with E-state index in [0.717, 1.165) is 11.3 Å². The molecule has 1 heteroatoms. The van der Waals surface area contributed by atoms with Crippen molar-refractivity contribution in [3.05, 3.63) is 6.66 Å². The molecule has 0 N–H and O–H groups in total. The molecule has 0 unspecified atom stereocenters. The Kier molecular flexibility index (Phi) is 3.64. The van der Waals surface area contributed by atoms with Crippen molar-refractivity contribution in [3.8, 4) is 0 Å². The molecule has 49 valence electrons. The van der Waals surface area contributed by atoms with E-state index >= 15 is 0 Å². The van der Waals surface area contributed by atoms with Gasteiger partial charge in [0.2, 0.25) is 0 Å². The van der Waals surface area contributed by atoms with Crippen LogP contribution in [0, 0.1) is 6.66 Å². The Bertz CT molecular complexity index is 49.4. The van der Waals surface area contributed by atoms with Crippen LogP contribution in [0.5, 0.6) is 0 Å². The number of rotatable bonds is 2. The molecule has 0 aromatic heterocycles. The predicted octanol–water partition coefficient (Wildman–Crippen LogP) is 3.08. The van der Waals surface area contributed by atoms with Crippen molar-refractivity contribution in [2.45, 2.75) is 39.0 Å². The van der Waals surface area contributed by atoms with Gasteiger partial charge in [0.25, 0.3) is 0 Å². The van der Waals surface area contributed by atoms with E-state index in [-0.39, 0.29) is 7.92 Å². The highest BCUT2D eigenvalue weighted by atomic mass is 31.1. The fourth-order valence-electron chi connectivity index (χ4n) is 0.596. The lowest BCUT2D eigenvalue weighted by molar-refractivity contribution is 1.02. The van der Waals surface area contributed by atoms with Gasteiger partial charge in [-0.2, -0.15) is 0 Å². The summed E-state index contributed by atoms with van der Waals surface area (Å²) in [6.07, 6.45) is 0. The summed E-state index contributed by atoms with van der Waals surface area (Å²) in [6, 6.07) is 0. The van der Waals surface area contributed by atoms with Gasteiger partial charge < -0.3 is 0 Å². The summed E-state index contributed by atoms with van der Waals surface area (Å²) in [5.74, 6) is 0. The maximum absolute atomic E-state index is 4.10. The molecule has 0 aromatic carbocycles. The topological polar surface area (TPSA) is 0 Å². The summed E-state index contributed by atoms with van der Waals surface area (Å²) < 4.78 is 0. The largest absolute Gasteiger partial charge is 0.101 e. The van der Waals surface area contributed by atoms with Gasteiger partial charge in [-0.05, 0) is 18.0 Å². The van der Waals surface area contributed by atoms with Gasteiger partial charge >= 0.3 is 0 Å². The van der Waals surface area contributed by atoms with Crippen LogP contribution in [0.3, 0.4) is 0 Å². The maximum Gasteiger partial charge on any atom is -0.0264 e. The normalized spacial score (nSPS) is 12.0. The standard InChI is InChI=1S/C7H16P/c1-6(2)8(5)7(3)4/h6-7H,5H2,1-4H3. The van der Waals surface area contributed by atoms with Crippen molar-refractivity contribution in [1.82, 2.24) is 0 Å². The molecular formula is C7H16P. The molecule has 0 bridgehead atoms. The van der Waals surface area contributed by atoms with Crippen LogP contribution < -0.4 is 0 Å². The summed E-state index contributed by atoms with van der Waals surface area (Å²) in [6.45, 7) is 13.1. The molecule has 0 aliphatic heterocycles. The maximum atomic E-state index is 4.10. The van der Waals surface area contributed by atoms with Gasteiger partial charge in [0, 0.05) is 0 Å². The van der Waals surface area contributed by atoms with Crippen LogP contribution in [0.4, 0.5) is 0 Å². The molecular weight excluding hydrogens is 115 g/mol. The summed E-state index contributed by atoms with van der Waals surface area (Å²) >= 11 is 0. The number of hydrogen-bond acceptors (Lipinski definition) is 0. The minimum atomic E-state index is 0.0514. The molecule has 0 nitrogen and oxygen atoms in total. The molecule has 0 atom stereocenters. The van der Waals surface area contributed by atoms with E-state index in [2.05, 4.69) is 34.4 Å². The van der Waals surface area contributed by atoms with E-state index in [9.17, 15) is 0 Å². The van der Waals surface area contributed by atoms with Crippen molar-refractivity contribution in [2.24, 2.45) is 0 Å². The lowest BCUT2D eigenvalue weighted by Gasteiger charge is -2.19. The number of hydrogen-bond donors (Lipinski definition) is 0. The van der Waals surface area contributed by atoms with E-state index in [1.165, 1.54) is 0 Å². The van der Waals surface area contributed by atoms with Crippen LogP contribution in [-0.2, 0) is 0 Å². The summed E-state index contributed by atoms with van der Waals surface area (Å²) in [4.78, 5) is 0. The Morgan fingerprint density at radius 2 is 1.25 bits per heavy atom. The third-order valence-electron chi connectivity index (χ3n) is 1.33. The molecule has 0 aliphatic rings. The van der Waals surface area contributed by atoms with E-state index in [1.54, 1.807) is 0 Å². The minimum Gasteiger partial charge on any atom is -0.101 e. The van der Waals surface area contributed by atoms with Gasteiger partial charge in [-0.25, -0.2) is 0 Å². The van der Waals surface area contributed by atoms with E-state index < -0.39 is 0 Å². The third-order valence-corrected chi connectivity index (χ3v) is 3.98. The van der Waals surface area contributed by atoms with Crippen molar-refractivity contribution in [2.75, 3.05) is 0 Å². The summed E-state index contributed by atoms with van der Waals surface area (Å²) in [5, 5.41) is 0. The Balaban J connectivity index is 3.46. The zero-order valence-electron chi connectivity index (χ0n) is 6.31. The van der Waals surface area contributed by atoms with Crippen LogP contribution in [0.1, 0.15) is 27.7 Å². The van der Waals surface area contributed by atoms with E-state index in [0.29, 0.717) is 0 Å². The van der Waals surface area contributed by atoms with Crippen molar-refractivity contribution in [3.63, 3.8) is 0 Å². The highest BCUT2D eigenvalue weighted by Crippen LogP contribution is 2.43. The first kappa shape index (κ1) is 8.43. The van der Waals surface area contributed by atoms with Gasteiger partial charge in [0.1, 0.15) is 0 Å². The predicted molar refractivity (Wildman–Crippen MR) is 42.5 cm³/mol. The molecule has 0 rings (SSSR count). The molecule has 0 saturated carbocycles. The Morgan fingerprint density at radius 1 is 1.00 bits per heavy atom. The van der Waals surface area contributed by atoms with Crippen molar-refractivity contribution >= 4 is 7.92 Å². The first-order valence-corrected chi connectivity index (χ1v) is 4.81. The molecule has 0 aliphatic carbocycles. The Morgan fingerprint density at radius 3 is 1.25 bits per heavy atom. The van der Waals surface area contributed by atoms with Crippen molar-refractivity contribution in [1.29, 1.82) is 0 Å². The zero-order valence-corrected chi connectivity index (χ0v) is 7.20. The lowest BCUT2D eigenvalue weighted by atomic mass is 10.5. The summed E-state index contributed by atoms with van der Waals surface area (Å²) in [5.41, 5.74) is 1.59. The van der Waals surface area contributed by atoms with Crippen LogP contribution in [-0.4, -0.2) is 11.3 Å². The second-order valence-electron chi connectivity index (χ2n) is 2.70. The average molecular weight is 131 g/mol. The highest BCUT2D eigenvalue weighted by molar-refractivity contribution is 7.60. The monoisotopic (exact) mass is 131 g/mol. The third kappa shape index (κ3) is 2.67. The molecule has 0 amide bonds. The SMILES string of the molecule is [CH2]P(C(C)C)C(C)C. The summed E-state index contributed by atoms with van der Waals surface area (Å²) in [7, 11) is 0.0514. The van der Waals surface area contributed by atoms with E-state index in [1.807, 2.05) is 0 Å². The molecule has 0 spiro atoms. The van der Waals surface area contributed by atoms with Gasteiger partial charge in [-0.1, -0.05) is 27.7 Å². The zero-order chi connectivity index (χ0) is 6.73. The van der Waals surface area contributed by atoms with Crippen LogP contribution in [0.15, 0.2) is 0 Å². The van der Waals surface area contributed by atoms with Crippen LogP contribution in [0.25, 0.3) is 0 Å². The second kappa shape index (κ2) is 3.45. The van der Waals surface area contributed by atoms with Crippen LogP contribution in [0.2, 0.25) is 0 Å². The molecule has 0 heterocycles.